The zero-order valence-corrected chi connectivity index (χ0v) is 10.8. The summed E-state index contributed by atoms with van der Waals surface area (Å²) in [6.07, 6.45) is 0. The number of nitrogens with zero attached hydrogens (tertiary/aromatic N) is 2. The highest BCUT2D eigenvalue weighted by molar-refractivity contribution is 5.77. The van der Waals surface area contributed by atoms with Crippen LogP contribution in [-0.2, 0) is 4.79 Å². The first-order chi connectivity index (χ1) is 8.58. The number of ether oxygens (including phenoxy) is 2. The van der Waals surface area contributed by atoms with E-state index in [1.54, 1.807) is 32.3 Å². The fraction of sp³-hybridized carbons (Fsp3) is 0.385. The van der Waals surface area contributed by atoms with Crippen molar-refractivity contribution in [3.05, 3.63) is 23.8 Å². The van der Waals surface area contributed by atoms with Crippen LogP contribution in [0.3, 0.4) is 0 Å². The molecule has 0 atom stereocenters. The molecule has 1 amide bonds. The van der Waals surface area contributed by atoms with Gasteiger partial charge in [0.1, 0.15) is 0 Å². The molecule has 0 radical (unpaired) electrons. The Hall–Kier alpha value is -2.22. The maximum atomic E-state index is 11.4. The molecule has 1 aromatic carbocycles. The van der Waals surface area contributed by atoms with Crippen LogP contribution in [0.15, 0.2) is 18.2 Å². The highest BCUT2D eigenvalue weighted by Gasteiger charge is 2.10. The summed E-state index contributed by atoms with van der Waals surface area (Å²) in [7, 11) is 3.32. The molecule has 0 unspecified atom stereocenters. The number of carbonyl (C=O) groups is 1. The maximum absolute atomic E-state index is 11.4. The average molecular weight is 248 g/mol. The number of benzene rings is 1. The van der Waals surface area contributed by atoms with E-state index in [1.807, 2.05) is 13.0 Å². The van der Waals surface area contributed by atoms with Crippen LogP contribution in [0.2, 0.25) is 0 Å². The molecular formula is C13H16N2O3. The lowest BCUT2D eigenvalue weighted by Crippen LogP contribution is -2.27. The Morgan fingerprint density at radius 2 is 2.06 bits per heavy atom. The minimum absolute atomic E-state index is 0.0566. The Kier molecular flexibility index (Phi) is 5.00. The van der Waals surface area contributed by atoms with Gasteiger partial charge >= 0.3 is 0 Å². The molecule has 18 heavy (non-hydrogen) atoms. The molecule has 0 aromatic heterocycles. The molecule has 5 nitrogen and oxygen atoms in total. The molecule has 1 aromatic rings. The van der Waals surface area contributed by atoms with Gasteiger partial charge in [0.25, 0.3) is 5.91 Å². The van der Waals surface area contributed by atoms with E-state index in [-0.39, 0.29) is 12.5 Å². The molecule has 0 fully saturated rings. The van der Waals surface area contributed by atoms with Crippen LogP contribution in [0.25, 0.3) is 0 Å². The number of amides is 1. The van der Waals surface area contributed by atoms with Crippen molar-refractivity contribution in [2.75, 3.05) is 27.3 Å². The molecule has 0 aliphatic carbocycles. The fourth-order valence-electron chi connectivity index (χ4n) is 1.23. The minimum Gasteiger partial charge on any atom is -0.490 e. The summed E-state index contributed by atoms with van der Waals surface area (Å²) < 4.78 is 10.8. The molecule has 5 heteroatoms. The van der Waals surface area contributed by atoms with Crippen molar-refractivity contribution in [2.45, 2.75) is 6.92 Å². The molecule has 0 spiro atoms. The highest BCUT2D eigenvalue weighted by atomic mass is 16.5. The number of hydrogen-bond donors (Lipinski definition) is 0. The van der Waals surface area contributed by atoms with Crippen molar-refractivity contribution in [1.82, 2.24) is 4.90 Å². The van der Waals surface area contributed by atoms with E-state index in [4.69, 9.17) is 14.7 Å². The summed E-state index contributed by atoms with van der Waals surface area (Å²) in [6.45, 7) is 2.25. The van der Waals surface area contributed by atoms with Crippen molar-refractivity contribution in [3.8, 4) is 17.6 Å². The van der Waals surface area contributed by atoms with Crippen LogP contribution >= 0.6 is 0 Å². The predicted octanol–water partition coefficient (Wildman–Crippen LogP) is 1.42. The van der Waals surface area contributed by atoms with E-state index in [0.717, 1.165) is 0 Å². The van der Waals surface area contributed by atoms with Crippen molar-refractivity contribution in [1.29, 1.82) is 5.26 Å². The number of nitriles is 1. The third-order valence-electron chi connectivity index (χ3n) is 2.22. The SMILES string of the molecule is CCOc1cc(C#N)ccc1OCC(=O)N(C)C. The van der Waals surface area contributed by atoms with E-state index in [0.29, 0.717) is 23.7 Å². The van der Waals surface area contributed by atoms with Gasteiger partial charge in [-0.25, -0.2) is 0 Å². The summed E-state index contributed by atoms with van der Waals surface area (Å²) >= 11 is 0. The number of hydrogen-bond acceptors (Lipinski definition) is 4. The number of rotatable bonds is 5. The zero-order valence-electron chi connectivity index (χ0n) is 10.8. The van der Waals surface area contributed by atoms with Crippen LogP contribution in [0.1, 0.15) is 12.5 Å². The number of likely N-dealkylation sites (N-methyl/N-ethyl adjacent to an activating group) is 1. The van der Waals surface area contributed by atoms with Gasteiger partial charge in [-0.1, -0.05) is 0 Å². The first-order valence-electron chi connectivity index (χ1n) is 5.58. The van der Waals surface area contributed by atoms with Crippen molar-refractivity contribution in [3.63, 3.8) is 0 Å². The second-order valence-electron chi connectivity index (χ2n) is 3.78. The van der Waals surface area contributed by atoms with E-state index in [1.165, 1.54) is 4.90 Å². The van der Waals surface area contributed by atoms with Gasteiger partial charge in [0, 0.05) is 20.2 Å². The Balaban J connectivity index is 2.81. The summed E-state index contributed by atoms with van der Waals surface area (Å²) in [5.74, 6) is 0.802. The molecule has 0 aliphatic rings. The second kappa shape index (κ2) is 6.50. The predicted molar refractivity (Wildman–Crippen MR) is 66.5 cm³/mol. The van der Waals surface area contributed by atoms with E-state index < -0.39 is 0 Å². The van der Waals surface area contributed by atoms with Crippen molar-refractivity contribution in [2.24, 2.45) is 0 Å². The van der Waals surface area contributed by atoms with Crippen LogP contribution in [0.5, 0.6) is 11.5 Å². The summed E-state index contributed by atoms with van der Waals surface area (Å²) in [6, 6.07) is 6.88. The monoisotopic (exact) mass is 248 g/mol. The van der Waals surface area contributed by atoms with Gasteiger partial charge < -0.3 is 14.4 Å². The first-order valence-corrected chi connectivity index (χ1v) is 5.58. The van der Waals surface area contributed by atoms with Crippen LogP contribution in [0, 0.1) is 11.3 Å². The van der Waals surface area contributed by atoms with Crippen LogP contribution < -0.4 is 9.47 Å². The summed E-state index contributed by atoms with van der Waals surface area (Å²) in [5, 5.41) is 8.80. The third kappa shape index (κ3) is 3.67. The second-order valence-corrected chi connectivity index (χ2v) is 3.78. The standard InChI is InChI=1S/C13H16N2O3/c1-4-17-12-7-10(8-14)5-6-11(12)18-9-13(16)15(2)3/h5-7H,4,9H2,1-3H3. The van der Waals surface area contributed by atoms with E-state index in [9.17, 15) is 4.79 Å². The topological polar surface area (TPSA) is 62.6 Å². The minimum atomic E-state index is -0.137. The largest absolute Gasteiger partial charge is 0.490 e. The zero-order chi connectivity index (χ0) is 13.5. The lowest BCUT2D eigenvalue weighted by Gasteiger charge is -2.14. The molecular weight excluding hydrogens is 232 g/mol. The normalized spacial score (nSPS) is 9.44. The first kappa shape index (κ1) is 13.8. The van der Waals surface area contributed by atoms with Gasteiger partial charge in [-0.2, -0.15) is 5.26 Å². The van der Waals surface area contributed by atoms with Gasteiger partial charge in [-0.3, -0.25) is 4.79 Å². The Labute approximate surface area is 107 Å². The third-order valence-corrected chi connectivity index (χ3v) is 2.22. The molecule has 0 saturated carbocycles. The molecule has 0 aliphatic heterocycles. The molecule has 0 bridgehead atoms. The van der Waals surface area contributed by atoms with Gasteiger partial charge in [0.15, 0.2) is 18.1 Å². The average Bonchev–Trinajstić information content (AvgIpc) is 2.36. The van der Waals surface area contributed by atoms with Gasteiger partial charge in [0.2, 0.25) is 0 Å². The smallest absolute Gasteiger partial charge is 0.259 e. The Morgan fingerprint density at radius 1 is 1.33 bits per heavy atom. The molecule has 1 rings (SSSR count). The summed E-state index contributed by atoms with van der Waals surface area (Å²) in [4.78, 5) is 12.9. The highest BCUT2D eigenvalue weighted by Crippen LogP contribution is 2.28. The van der Waals surface area contributed by atoms with Crippen LogP contribution in [-0.4, -0.2) is 38.1 Å². The van der Waals surface area contributed by atoms with Gasteiger partial charge in [-0.15, -0.1) is 0 Å². The lowest BCUT2D eigenvalue weighted by atomic mass is 10.2. The van der Waals surface area contributed by atoms with E-state index in [2.05, 4.69) is 0 Å². The van der Waals surface area contributed by atoms with Crippen LogP contribution in [0.4, 0.5) is 0 Å². The Bertz CT molecular complexity index is 464. The van der Waals surface area contributed by atoms with Crippen molar-refractivity contribution >= 4 is 5.91 Å². The lowest BCUT2D eigenvalue weighted by molar-refractivity contribution is -0.130. The fourth-order valence-corrected chi connectivity index (χ4v) is 1.23. The number of carbonyl (C=O) groups excluding carboxylic acids is 1. The van der Waals surface area contributed by atoms with Crippen molar-refractivity contribution < 1.29 is 14.3 Å². The van der Waals surface area contributed by atoms with Gasteiger partial charge in [-0.05, 0) is 19.1 Å². The van der Waals surface area contributed by atoms with E-state index >= 15 is 0 Å². The molecule has 96 valence electrons. The Morgan fingerprint density at radius 3 is 2.61 bits per heavy atom. The maximum Gasteiger partial charge on any atom is 0.259 e. The van der Waals surface area contributed by atoms with Gasteiger partial charge in [0.05, 0.1) is 18.2 Å². The molecule has 0 heterocycles. The summed E-state index contributed by atoms with van der Waals surface area (Å²) in [5.41, 5.74) is 0.490. The molecule has 0 saturated heterocycles. The quantitative estimate of drug-likeness (QED) is 0.790. The molecule has 0 N–H and O–H groups in total.